The summed E-state index contributed by atoms with van der Waals surface area (Å²) in [5.41, 5.74) is 0.939. The molecular weight excluding hydrogens is 451 g/mol. The Balaban J connectivity index is 1.56. The quantitative estimate of drug-likeness (QED) is 0.349. The average molecular weight is 472 g/mol. The van der Waals surface area contributed by atoms with Crippen LogP contribution in [0.25, 0.3) is 17.3 Å². The number of benzene rings is 2. The third kappa shape index (κ3) is 5.38. The van der Waals surface area contributed by atoms with Gasteiger partial charge in [-0.1, -0.05) is 0 Å². The number of furan rings is 1. The van der Waals surface area contributed by atoms with Crippen molar-refractivity contribution in [3.05, 3.63) is 72.7 Å². The van der Waals surface area contributed by atoms with Crippen molar-refractivity contribution in [3.8, 4) is 23.3 Å². The molecule has 0 saturated heterocycles. The van der Waals surface area contributed by atoms with E-state index in [9.17, 15) is 12.8 Å². The second-order valence-electron chi connectivity index (χ2n) is 6.76. The fourth-order valence-corrected chi connectivity index (χ4v) is 3.99. The Kier molecular flexibility index (Phi) is 6.71. The molecule has 0 aliphatic rings. The molecule has 1 N–H and O–H groups in total. The van der Waals surface area contributed by atoms with Gasteiger partial charge in [-0.25, -0.2) is 17.5 Å². The SMILES string of the molecule is CCOCCOc1nc(-c2ccco2)n(-c2ccc(NS(=O)(=O)c3ccc(F)cc3)cc2)n1. The number of ether oxygens (including phenoxy) is 2. The Morgan fingerprint density at radius 2 is 1.82 bits per heavy atom. The second-order valence-corrected chi connectivity index (χ2v) is 8.44. The van der Waals surface area contributed by atoms with E-state index in [1.165, 1.54) is 23.1 Å². The van der Waals surface area contributed by atoms with Gasteiger partial charge in [0.25, 0.3) is 10.0 Å². The fraction of sp³-hybridized carbons (Fsp3) is 0.182. The van der Waals surface area contributed by atoms with Crippen molar-refractivity contribution in [2.75, 3.05) is 24.5 Å². The Bertz CT molecular complexity index is 1290. The minimum Gasteiger partial charge on any atom is -0.461 e. The van der Waals surface area contributed by atoms with Crippen LogP contribution in [0.5, 0.6) is 6.01 Å². The first-order valence-corrected chi connectivity index (χ1v) is 11.5. The van der Waals surface area contributed by atoms with Crippen molar-refractivity contribution in [1.29, 1.82) is 0 Å². The number of nitrogens with zero attached hydrogens (tertiary/aromatic N) is 3. The van der Waals surface area contributed by atoms with E-state index < -0.39 is 15.8 Å². The van der Waals surface area contributed by atoms with Crippen LogP contribution in [0, 0.1) is 5.82 Å². The lowest BCUT2D eigenvalue weighted by molar-refractivity contribution is 0.106. The highest BCUT2D eigenvalue weighted by Gasteiger charge is 2.18. The molecule has 0 spiro atoms. The van der Waals surface area contributed by atoms with Gasteiger partial charge in [0.2, 0.25) is 5.82 Å². The maximum Gasteiger partial charge on any atom is 0.336 e. The number of hydrogen-bond acceptors (Lipinski definition) is 7. The van der Waals surface area contributed by atoms with Gasteiger partial charge in [-0.15, -0.1) is 5.10 Å². The Labute approximate surface area is 189 Å². The maximum atomic E-state index is 13.1. The van der Waals surface area contributed by atoms with Crippen LogP contribution in [0.2, 0.25) is 0 Å². The molecule has 0 aliphatic carbocycles. The number of halogens is 1. The number of anilines is 1. The predicted molar refractivity (Wildman–Crippen MR) is 118 cm³/mol. The zero-order valence-electron chi connectivity index (χ0n) is 17.6. The fourth-order valence-electron chi connectivity index (χ4n) is 2.93. The summed E-state index contributed by atoms with van der Waals surface area (Å²) in [5.74, 6) is 0.397. The van der Waals surface area contributed by atoms with Gasteiger partial charge in [0.05, 0.1) is 23.5 Å². The summed E-state index contributed by atoms with van der Waals surface area (Å²) in [5, 5.41) is 4.39. The third-order valence-electron chi connectivity index (χ3n) is 4.48. The van der Waals surface area contributed by atoms with E-state index >= 15 is 0 Å². The molecule has 33 heavy (non-hydrogen) atoms. The standard InChI is InChI=1S/C22H21FN4O5S/c1-2-30-14-15-32-22-24-21(20-4-3-13-31-20)27(25-22)18-9-7-17(8-10-18)26-33(28,29)19-11-5-16(23)6-12-19/h3-13,26H,2,14-15H2,1H3. The monoisotopic (exact) mass is 472 g/mol. The molecule has 0 fully saturated rings. The predicted octanol–water partition coefficient (Wildman–Crippen LogP) is 3.88. The van der Waals surface area contributed by atoms with E-state index in [1.54, 1.807) is 36.4 Å². The van der Waals surface area contributed by atoms with Crippen LogP contribution in [0.1, 0.15) is 6.92 Å². The Morgan fingerprint density at radius 1 is 1.06 bits per heavy atom. The summed E-state index contributed by atoms with van der Waals surface area (Å²) >= 11 is 0. The molecule has 4 aromatic rings. The summed E-state index contributed by atoms with van der Waals surface area (Å²) in [6.07, 6.45) is 1.53. The molecule has 0 saturated carbocycles. The summed E-state index contributed by atoms with van der Waals surface area (Å²) < 4.78 is 58.4. The number of aromatic nitrogens is 3. The summed E-state index contributed by atoms with van der Waals surface area (Å²) in [4.78, 5) is 4.35. The van der Waals surface area contributed by atoms with Gasteiger partial charge in [0.15, 0.2) is 5.76 Å². The van der Waals surface area contributed by atoms with E-state index in [0.29, 0.717) is 42.8 Å². The van der Waals surface area contributed by atoms with Gasteiger partial charge in [-0.3, -0.25) is 4.72 Å². The second kappa shape index (κ2) is 9.84. The van der Waals surface area contributed by atoms with Gasteiger partial charge in [-0.2, -0.15) is 4.98 Å². The van der Waals surface area contributed by atoms with E-state index in [0.717, 1.165) is 12.1 Å². The molecule has 2 aromatic carbocycles. The minimum atomic E-state index is -3.86. The molecule has 4 rings (SSSR count). The van der Waals surface area contributed by atoms with Gasteiger partial charge in [0, 0.05) is 12.3 Å². The minimum absolute atomic E-state index is 0.0433. The van der Waals surface area contributed by atoms with Crippen LogP contribution in [0.4, 0.5) is 10.1 Å². The van der Waals surface area contributed by atoms with Gasteiger partial charge < -0.3 is 13.9 Å². The molecule has 172 valence electrons. The molecule has 9 nitrogen and oxygen atoms in total. The van der Waals surface area contributed by atoms with E-state index in [-0.39, 0.29) is 10.9 Å². The van der Waals surface area contributed by atoms with Crippen molar-refractivity contribution in [3.63, 3.8) is 0 Å². The molecule has 0 unspecified atom stereocenters. The van der Waals surface area contributed by atoms with Crippen molar-refractivity contribution in [1.82, 2.24) is 14.8 Å². The number of nitrogens with one attached hydrogen (secondary N) is 1. The number of sulfonamides is 1. The Hall–Kier alpha value is -3.70. The lowest BCUT2D eigenvalue weighted by atomic mass is 10.3. The first kappa shape index (κ1) is 22.5. The number of hydrogen-bond donors (Lipinski definition) is 1. The van der Waals surface area contributed by atoms with E-state index in [4.69, 9.17) is 13.9 Å². The van der Waals surface area contributed by atoms with Crippen LogP contribution < -0.4 is 9.46 Å². The molecule has 2 heterocycles. The average Bonchev–Trinajstić information content (AvgIpc) is 3.47. The lowest BCUT2D eigenvalue weighted by Gasteiger charge is -2.09. The summed E-state index contributed by atoms with van der Waals surface area (Å²) in [7, 11) is -3.86. The number of rotatable bonds is 10. The molecule has 0 aliphatic heterocycles. The highest BCUT2D eigenvalue weighted by Crippen LogP contribution is 2.25. The zero-order valence-corrected chi connectivity index (χ0v) is 18.5. The maximum absolute atomic E-state index is 13.1. The third-order valence-corrected chi connectivity index (χ3v) is 5.88. The molecule has 0 radical (unpaired) electrons. The van der Waals surface area contributed by atoms with Gasteiger partial charge >= 0.3 is 6.01 Å². The highest BCUT2D eigenvalue weighted by molar-refractivity contribution is 7.92. The topological polar surface area (TPSA) is 108 Å². The van der Waals surface area contributed by atoms with Crippen molar-refractivity contribution < 1.29 is 26.7 Å². The first-order chi connectivity index (χ1) is 16.0. The highest BCUT2D eigenvalue weighted by atomic mass is 32.2. The lowest BCUT2D eigenvalue weighted by Crippen LogP contribution is -2.13. The zero-order chi connectivity index (χ0) is 23.3. The van der Waals surface area contributed by atoms with Crippen molar-refractivity contribution in [2.24, 2.45) is 0 Å². The molecule has 0 amide bonds. The normalized spacial score (nSPS) is 11.5. The van der Waals surface area contributed by atoms with E-state index in [2.05, 4.69) is 14.8 Å². The summed E-state index contributed by atoms with van der Waals surface area (Å²) in [6, 6.07) is 14.7. The van der Waals surface area contributed by atoms with Gasteiger partial charge in [-0.05, 0) is 67.6 Å². The first-order valence-electron chi connectivity index (χ1n) is 10.1. The van der Waals surface area contributed by atoms with Crippen molar-refractivity contribution >= 4 is 15.7 Å². The van der Waals surface area contributed by atoms with E-state index in [1.807, 2.05) is 6.92 Å². The Morgan fingerprint density at radius 3 is 2.48 bits per heavy atom. The van der Waals surface area contributed by atoms with Gasteiger partial charge in [0.1, 0.15) is 12.4 Å². The molecule has 11 heteroatoms. The van der Waals surface area contributed by atoms with Crippen LogP contribution in [-0.4, -0.2) is 43.0 Å². The van der Waals surface area contributed by atoms with Crippen LogP contribution in [0.3, 0.4) is 0 Å². The molecule has 0 bridgehead atoms. The largest absolute Gasteiger partial charge is 0.461 e. The van der Waals surface area contributed by atoms with Crippen LogP contribution in [0.15, 0.2) is 76.2 Å². The van der Waals surface area contributed by atoms with Crippen molar-refractivity contribution in [2.45, 2.75) is 11.8 Å². The molecule has 0 atom stereocenters. The van der Waals surface area contributed by atoms with Crippen LogP contribution in [-0.2, 0) is 14.8 Å². The smallest absolute Gasteiger partial charge is 0.336 e. The summed E-state index contributed by atoms with van der Waals surface area (Å²) in [6.45, 7) is 3.18. The molecule has 2 aromatic heterocycles. The molecular formula is C22H21FN4O5S. The van der Waals surface area contributed by atoms with Crippen LogP contribution >= 0.6 is 0 Å².